The Morgan fingerprint density at radius 1 is 1.04 bits per heavy atom. The Balaban J connectivity index is 1.68. The van der Waals surface area contributed by atoms with Gasteiger partial charge in [-0.3, -0.25) is 9.59 Å². The van der Waals surface area contributed by atoms with Crippen molar-refractivity contribution in [1.29, 1.82) is 0 Å². The lowest BCUT2D eigenvalue weighted by molar-refractivity contribution is -0.147. The number of aliphatic carboxylic acids is 1. The van der Waals surface area contributed by atoms with Crippen LogP contribution >= 0.6 is 0 Å². The second kappa shape index (κ2) is 8.37. The van der Waals surface area contributed by atoms with Gasteiger partial charge in [-0.05, 0) is 37.1 Å². The van der Waals surface area contributed by atoms with Gasteiger partial charge in [-0.2, -0.15) is 4.31 Å². The number of carboxylic acid groups (broad SMARTS) is 1. The van der Waals surface area contributed by atoms with Gasteiger partial charge in [0, 0.05) is 18.8 Å². The number of hydrogen-bond acceptors (Lipinski definition) is 5. The van der Waals surface area contributed by atoms with Crippen molar-refractivity contribution >= 4 is 27.6 Å². The van der Waals surface area contributed by atoms with Crippen molar-refractivity contribution in [3.63, 3.8) is 0 Å². The van der Waals surface area contributed by atoms with E-state index in [0.717, 1.165) is 12.8 Å². The Morgan fingerprint density at radius 2 is 1.63 bits per heavy atom. The highest BCUT2D eigenvalue weighted by atomic mass is 32.2. The third-order valence-electron chi connectivity index (χ3n) is 5.15. The van der Waals surface area contributed by atoms with E-state index < -0.39 is 27.8 Å². The quantitative estimate of drug-likeness (QED) is 0.781. The number of nitrogens with one attached hydrogen (secondary N) is 1. The van der Waals surface area contributed by atoms with Crippen LogP contribution in [-0.4, -0.2) is 56.0 Å². The molecule has 2 aliphatic rings. The molecule has 9 heteroatoms. The predicted molar refractivity (Wildman–Crippen MR) is 97.7 cm³/mol. The number of benzene rings is 1. The Kier molecular flexibility index (Phi) is 6.13. The van der Waals surface area contributed by atoms with Crippen LogP contribution in [-0.2, 0) is 24.3 Å². The van der Waals surface area contributed by atoms with Crippen LogP contribution in [0.5, 0.6) is 0 Å². The number of carboxylic acids is 1. The van der Waals surface area contributed by atoms with Gasteiger partial charge in [0.25, 0.3) is 0 Å². The second-order valence-corrected chi connectivity index (χ2v) is 8.80. The summed E-state index contributed by atoms with van der Waals surface area (Å²) in [6.07, 6.45) is 2.70. The molecular formula is C18H24N2O6S. The van der Waals surface area contributed by atoms with Gasteiger partial charge in [-0.15, -0.1) is 0 Å². The number of morpholine rings is 1. The van der Waals surface area contributed by atoms with E-state index in [1.807, 2.05) is 0 Å². The molecule has 0 unspecified atom stereocenters. The van der Waals surface area contributed by atoms with Crippen LogP contribution < -0.4 is 5.32 Å². The van der Waals surface area contributed by atoms with Crippen molar-refractivity contribution in [3.05, 3.63) is 24.3 Å². The molecule has 2 fully saturated rings. The number of sulfonamides is 1. The maximum Gasteiger partial charge on any atom is 0.307 e. The second-order valence-electron chi connectivity index (χ2n) is 6.87. The lowest BCUT2D eigenvalue weighted by Crippen LogP contribution is -2.40. The molecule has 1 aromatic carbocycles. The van der Waals surface area contributed by atoms with E-state index in [0.29, 0.717) is 44.8 Å². The summed E-state index contributed by atoms with van der Waals surface area (Å²) in [5.74, 6) is -2.50. The Morgan fingerprint density at radius 3 is 2.22 bits per heavy atom. The SMILES string of the molecule is O=C(Nc1ccc(S(=O)(=O)N2CCOCC2)cc1)[C@H]1CCCC[C@H]1C(=O)O. The number of amides is 1. The summed E-state index contributed by atoms with van der Waals surface area (Å²) in [4.78, 5) is 24.0. The molecule has 1 aliphatic carbocycles. The monoisotopic (exact) mass is 396 g/mol. The summed E-state index contributed by atoms with van der Waals surface area (Å²) in [6, 6.07) is 5.97. The minimum atomic E-state index is -3.58. The zero-order chi connectivity index (χ0) is 19.4. The zero-order valence-corrected chi connectivity index (χ0v) is 15.8. The molecule has 1 heterocycles. The largest absolute Gasteiger partial charge is 0.481 e. The van der Waals surface area contributed by atoms with Crippen LogP contribution in [0, 0.1) is 11.8 Å². The summed E-state index contributed by atoms with van der Waals surface area (Å²) >= 11 is 0. The van der Waals surface area contributed by atoms with Crippen LogP contribution in [0.25, 0.3) is 0 Å². The van der Waals surface area contributed by atoms with Crippen LogP contribution in [0.4, 0.5) is 5.69 Å². The highest BCUT2D eigenvalue weighted by molar-refractivity contribution is 7.89. The van der Waals surface area contributed by atoms with Crippen molar-refractivity contribution in [2.45, 2.75) is 30.6 Å². The summed E-state index contributed by atoms with van der Waals surface area (Å²) < 4.78 is 31.8. The molecule has 1 saturated carbocycles. The number of ether oxygens (including phenoxy) is 1. The van der Waals surface area contributed by atoms with E-state index in [1.165, 1.54) is 28.6 Å². The molecule has 0 radical (unpaired) electrons. The van der Waals surface area contributed by atoms with Gasteiger partial charge in [0.15, 0.2) is 0 Å². The minimum Gasteiger partial charge on any atom is -0.481 e. The van der Waals surface area contributed by atoms with Gasteiger partial charge in [0.05, 0.1) is 29.9 Å². The Hall–Kier alpha value is -1.97. The van der Waals surface area contributed by atoms with Crippen LogP contribution in [0.1, 0.15) is 25.7 Å². The first kappa shape index (κ1) is 19.8. The van der Waals surface area contributed by atoms with E-state index in [1.54, 1.807) is 0 Å². The average molecular weight is 396 g/mol. The first-order valence-corrected chi connectivity index (χ1v) is 10.6. The molecule has 1 aliphatic heterocycles. The highest BCUT2D eigenvalue weighted by Crippen LogP contribution is 2.31. The summed E-state index contributed by atoms with van der Waals surface area (Å²) in [5, 5.41) is 12.0. The van der Waals surface area contributed by atoms with Crippen molar-refractivity contribution in [2.75, 3.05) is 31.6 Å². The molecule has 3 rings (SSSR count). The number of anilines is 1. The number of carbonyl (C=O) groups is 2. The highest BCUT2D eigenvalue weighted by Gasteiger charge is 2.35. The topological polar surface area (TPSA) is 113 Å². The van der Waals surface area contributed by atoms with Gasteiger partial charge in [0.2, 0.25) is 15.9 Å². The van der Waals surface area contributed by atoms with E-state index in [2.05, 4.69) is 5.32 Å². The fourth-order valence-electron chi connectivity index (χ4n) is 3.62. The maximum absolute atomic E-state index is 12.6. The number of hydrogen-bond donors (Lipinski definition) is 2. The van der Waals surface area contributed by atoms with E-state index in [9.17, 15) is 23.1 Å². The lowest BCUT2D eigenvalue weighted by atomic mass is 9.78. The number of rotatable bonds is 5. The third kappa shape index (κ3) is 4.48. The molecule has 8 nitrogen and oxygen atoms in total. The molecule has 0 aromatic heterocycles. The lowest BCUT2D eigenvalue weighted by Gasteiger charge is -2.27. The van der Waals surface area contributed by atoms with E-state index in [-0.39, 0.29) is 10.8 Å². The number of carbonyl (C=O) groups excluding carboxylic acids is 1. The Bertz CT molecular complexity index is 787. The molecule has 2 atom stereocenters. The molecule has 0 spiro atoms. The maximum atomic E-state index is 12.6. The van der Waals surface area contributed by atoms with Crippen LogP contribution in [0.2, 0.25) is 0 Å². The normalized spacial score (nSPS) is 24.3. The van der Waals surface area contributed by atoms with Gasteiger partial charge in [-0.1, -0.05) is 12.8 Å². The third-order valence-corrected chi connectivity index (χ3v) is 7.06. The van der Waals surface area contributed by atoms with E-state index >= 15 is 0 Å². The van der Waals surface area contributed by atoms with Gasteiger partial charge in [-0.25, -0.2) is 8.42 Å². The Labute approximate surface area is 158 Å². The summed E-state index contributed by atoms with van der Waals surface area (Å²) in [7, 11) is -3.58. The zero-order valence-electron chi connectivity index (χ0n) is 15.0. The molecule has 1 saturated heterocycles. The minimum absolute atomic E-state index is 0.156. The van der Waals surface area contributed by atoms with Crippen LogP contribution in [0.15, 0.2) is 29.2 Å². The summed E-state index contributed by atoms with van der Waals surface area (Å²) in [6.45, 7) is 1.39. The molecule has 1 amide bonds. The molecule has 1 aromatic rings. The predicted octanol–water partition coefficient (Wildman–Crippen LogP) is 1.54. The fraction of sp³-hybridized carbons (Fsp3) is 0.556. The molecule has 27 heavy (non-hydrogen) atoms. The summed E-state index contributed by atoms with van der Waals surface area (Å²) in [5.41, 5.74) is 0.454. The number of nitrogens with zero attached hydrogens (tertiary/aromatic N) is 1. The average Bonchev–Trinajstić information content (AvgIpc) is 2.69. The molecule has 148 valence electrons. The molecule has 2 N–H and O–H groups in total. The van der Waals surface area contributed by atoms with E-state index in [4.69, 9.17) is 4.74 Å². The van der Waals surface area contributed by atoms with Gasteiger partial charge < -0.3 is 15.2 Å². The molecular weight excluding hydrogens is 372 g/mol. The van der Waals surface area contributed by atoms with Crippen molar-refractivity contribution in [1.82, 2.24) is 4.31 Å². The van der Waals surface area contributed by atoms with Crippen molar-refractivity contribution < 1.29 is 27.9 Å². The standard InChI is InChI=1S/C18H24N2O6S/c21-17(15-3-1-2-4-16(15)18(22)23)19-13-5-7-14(8-6-13)27(24,25)20-9-11-26-12-10-20/h5-8,15-16H,1-4,9-12H2,(H,19,21)(H,22,23)/t15-,16+/m0/s1. The van der Waals surface area contributed by atoms with Gasteiger partial charge in [0.1, 0.15) is 0 Å². The van der Waals surface area contributed by atoms with Crippen molar-refractivity contribution in [2.24, 2.45) is 11.8 Å². The smallest absolute Gasteiger partial charge is 0.307 e. The first-order chi connectivity index (χ1) is 12.9. The van der Waals surface area contributed by atoms with Gasteiger partial charge >= 0.3 is 5.97 Å². The van der Waals surface area contributed by atoms with Crippen LogP contribution in [0.3, 0.4) is 0 Å². The fourth-order valence-corrected chi connectivity index (χ4v) is 5.03. The first-order valence-electron chi connectivity index (χ1n) is 9.11. The van der Waals surface area contributed by atoms with Crippen molar-refractivity contribution in [3.8, 4) is 0 Å². The molecule has 0 bridgehead atoms.